The smallest absolute Gasteiger partial charge is 0.257 e. The molecule has 9 heteroatoms. The Morgan fingerprint density at radius 3 is 2.62 bits per heavy atom. The van der Waals surface area contributed by atoms with Crippen molar-refractivity contribution in [1.29, 1.82) is 0 Å². The molecular weight excluding hydrogens is 490 g/mol. The van der Waals surface area contributed by atoms with E-state index >= 15 is 0 Å². The molecule has 1 fully saturated rings. The van der Waals surface area contributed by atoms with E-state index in [-0.39, 0.29) is 5.91 Å². The number of piperazine rings is 1. The van der Waals surface area contributed by atoms with Crippen molar-refractivity contribution in [1.82, 2.24) is 19.9 Å². The zero-order valence-electron chi connectivity index (χ0n) is 22.5. The summed E-state index contributed by atoms with van der Waals surface area (Å²) < 4.78 is 7.71. The quantitative estimate of drug-likeness (QED) is 0.345. The van der Waals surface area contributed by atoms with Gasteiger partial charge in [-0.15, -0.1) is 0 Å². The van der Waals surface area contributed by atoms with Crippen LogP contribution in [-0.4, -0.2) is 53.7 Å². The first-order chi connectivity index (χ1) is 19.0. The van der Waals surface area contributed by atoms with Crippen LogP contribution in [0.2, 0.25) is 0 Å². The number of methoxy groups -OCH3 is 1. The van der Waals surface area contributed by atoms with Gasteiger partial charge in [0.15, 0.2) is 0 Å². The number of aromatic nitrogens is 3. The summed E-state index contributed by atoms with van der Waals surface area (Å²) in [4.78, 5) is 25.1. The van der Waals surface area contributed by atoms with E-state index in [4.69, 9.17) is 9.72 Å². The van der Waals surface area contributed by atoms with Gasteiger partial charge in [0.1, 0.15) is 11.6 Å². The van der Waals surface area contributed by atoms with Crippen molar-refractivity contribution < 1.29 is 9.53 Å². The third-order valence-electron chi connectivity index (χ3n) is 7.57. The topological polar surface area (TPSA) is 96.3 Å². The second-order valence-corrected chi connectivity index (χ2v) is 10.1. The maximum absolute atomic E-state index is 13.3. The summed E-state index contributed by atoms with van der Waals surface area (Å²) in [6, 6.07) is 14.0. The Labute approximate surface area is 228 Å². The highest BCUT2D eigenvalue weighted by molar-refractivity contribution is 6.06. The zero-order chi connectivity index (χ0) is 26.9. The van der Waals surface area contributed by atoms with Crippen molar-refractivity contribution in [2.75, 3.05) is 48.8 Å². The Balaban J connectivity index is 1.25. The molecule has 3 N–H and O–H groups in total. The predicted molar refractivity (Wildman–Crippen MR) is 154 cm³/mol. The molecule has 1 saturated heterocycles. The highest BCUT2D eigenvalue weighted by Gasteiger charge is 2.24. The average molecular weight is 524 g/mol. The molecule has 39 heavy (non-hydrogen) atoms. The Morgan fingerprint density at radius 1 is 1.05 bits per heavy atom. The van der Waals surface area contributed by atoms with Crippen LogP contribution in [0.4, 0.5) is 23.0 Å². The van der Waals surface area contributed by atoms with Crippen LogP contribution in [0, 0.1) is 13.8 Å². The first kappa shape index (κ1) is 24.9. The van der Waals surface area contributed by atoms with Crippen molar-refractivity contribution in [2.24, 2.45) is 0 Å². The van der Waals surface area contributed by atoms with Crippen molar-refractivity contribution >= 4 is 28.9 Å². The second-order valence-electron chi connectivity index (χ2n) is 10.1. The number of fused-ring (bicyclic) bond motifs is 3. The van der Waals surface area contributed by atoms with Crippen molar-refractivity contribution in [2.45, 2.75) is 26.7 Å². The van der Waals surface area contributed by atoms with Gasteiger partial charge in [0.2, 0.25) is 5.95 Å². The van der Waals surface area contributed by atoms with Crippen LogP contribution < -0.4 is 25.6 Å². The molecule has 6 rings (SSSR count). The number of ether oxygens (including phenoxy) is 1. The summed E-state index contributed by atoms with van der Waals surface area (Å²) in [5, 5.41) is 9.85. The molecule has 2 aliphatic heterocycles. The lowest BCUT2D eigenvalue weighted by Crippen LogP contribution is -2.43. The summed E-state index contributed by atoms with van der Waals surface area (Å²) in [7, 11) is 1.67. The summed E-state index contributed by atoms with van der Waals surface area (Å²) >= 11 is 0. The second kappa shape index (κ2) is 10.4. The molecule has 0 spiro atoms. The number of carbonyl (C=O) groups is 1. The first-order valence-corrected chi connectivity index (χ1v) is 13.4. The molecule has 2 aromatic heterocycles. The molecule has 1 amide bonds. The number of para-hydroxylation sites is 1. The molecule has 0 bridgehead atoms. The number of aryl methyl sites for hydroxylation is 3. The van der Waals surface area contributed by atoms with Gasteiger partial charge in [0.25, 0.3) is 5.91 Å². The molecule has 200 valence electrons. The monoisotopic (exact) mass is 523 g/mol. The molecule has 0 atom stereocenters. The maximum atomic E-state index is 13.3. The van der Waals surface area contributed by atoms with Crippen molar-refractivity contribution in [3.8, 4) is 11.6 Å². The van der Waals surface area contributed by atoms with Crippen LogP contribution in [0.1, 0.15) is 32.7 Å². The molecule has 4 aromatic rings. The van der Waals surface area contributed by atoms with Crippen LogP contribution in [-0.2, 0) is 12.8 Å². The third-order valence-corrected chi connectivity index (χ3v) is 7.57. The number of nitrogens with one attached hydrogen (secondary N) is 3. The number of nitrogens with zero attached hydrogens (tertiary/aromatic N) is 4. The molecule has 0 radical (unpaired) electrons. The Hall–Kier alpha value is -4.37. The largest absolute Gasteiger partial charge is 0.494 e. The minimum Gasteiger partial charge on any atom is -0.494 e. The molecule has 0 aliphatic carbocycles. The van der Waals surface area contributed by atoms with E-state index < -0.39 is 0 Å². The van der Waals surface area contributed by atoms with E-state index in [0.717, 1.165) is 90.0 Å². The molecule has 2 aliphatic rings. The molecular formula is C30H33N7O2. The number of anilines is 4. The average Bonchev–Trinajstić information content (AvgIpc) is 3.41. The fourth-order valence-electron chi connectivity index (χ4n) is 5.44. The minimum atomic E-state index is -0.105. The van der Waals surface area contributed by atoms with E-state index in [0.29, 0.717) is 11.5 Å². The fourth-order valence-corrected chi connectivity index (χ4v) is 5.44. The number of hydrogen-bond acceptors (Lipinski definition) is 7. The summed E-state index contributed by atoms with van der Waals surface area (Å²) in [6.07, 6.45) is 5.30. The molecule has 0 saturated carbocycles. The number of hydrogen-bond donors (Lipinski definition) is 3. The minimum absolute atomic E-state index is 0.105. The van der Waals surface area contributed by atoms with Gasteiger partial charge < -0.3 is 30.2 Å². The van der Waals surface area contributed by atoms with Crippen LogP contribution in [0.15, 0.2) is 54.9 Å². The highest BCUT2D eigenvalue weighted by atomic mass is 16.5. The van der Waals surface area contributed by atoms with Crippen molar-refractivity contribution in [3.63, 3.8) is 0 Å². The molecule has 4 heterocycles. The number of carbonyl (C=O) groups excluding carboxylic acids is 1. The lowest BCUT2D eigenvalue weighted by atomic mass is 10.0. The van der Waals surface area contributed by atoms with Crippen LogP contribution in [0.25, 0.3) is 5.82 Å². The van der Waals surface area contributed by atoms with E-state index in [1.807, 2.05) is 61.1 Å². The zero-order valence-corrected chi connectivity index (χ0v) is 22.5. The Kier molecular flexibility index (Phi) is 6.66. The number of benzene rings is 2. The number of amides is 1. The van der Waals surface area contributed by atoms with E-state index in [1.54, 1.807) is 7.11 Å². The highest BCUT2D eigenvalue weighted by Crippen LogP contribution is 2.33. The van der Waals surface area contributed by atoms with E-state index in [2.05, 4.69) is 38.0 Å². The fraction of sp³-hybridized carbons (Fsp3) is 0.300. The van der Waals surface area contributed by atoms with Crippen LogP contribution >= 0.6 is 0 Å². The van der Waals surface area contributed by atoms with Gasteiger partial charge in [0.05, 0.1) is 18.4 Å². The Morgan fingerprint density at radius 2 is 1.85 bits per heavy atom. The van der Waals surface area contributed by atoms with Gasteiger partial charge in [-0.2, -0.15) is 4.98 Å². The standard InChI is InChI=1S/C30H33N7O2/c1-19-5-4-6-20(2)27(19)34-29(38)23-11-14-37-25(23)10-7-21-18-32-30(35-28(21)37)33-24-9-8-22(17-26(24)39-3)36-15-12-31-13-16-36/h4-6,8-9,11,14,17-18,31H,7,10,12-13,15-16H2,1-3H3,(H,34,38)(H,32,33,35). The SMILES string of the molecule is COc1cc(N2CCNCC2)ccc1Nc1ncc2c(n1)-n1ccc(C(=O)Nc3c(C)cccc3C)c1CC2. The van der Waals surface area contributed by atoms with Crippen molar-refractivity contribution in [3.05, 3.63) is 82.8 Å². The Bertz CT molecular complexity index is 1520. The van der Waals surface area contributed by atoms with Gasteiger partial charge in [0, 0.05) is 67.3 Å². The van der Waals surface area contributed by atoms with Gasteiger partial charge in [-0.05, 0) is 56.0 Å². The third kappa shape index (κ3) is 4.81. The molecule has 9 nitrogen and oxygen atoms in total. The van der Waals surface area contributed by atoms with Gasteiger partial charge in [-0.25, -0.2) is 4.98 Å². The van der Waals surface area contributed by atoms with Gasteiger partial charge >= 0.3 is 0 Å². The van der Waals surface area contributed by atoms with E-state index in [9.17, 15) is 4.79 Å². The van der Waals surface area contributed by atoms with Gasteiger partial charge in [-0.1, -0.05) is 18.2 Å². The predicted octanol–water partition coefficient (Wildman–Crippen LogP) is 4.40. The normalized spacial score (nSPS) is 14.4. The first-order valence-electron chi connectivity index (χ1n) is 13.4. The summed E-state index contributed by atoms with van der Waals surface area (Å²) in [6.45, 7) is 7.89. The number of rotatable bonds is 6. The lowest BCUT2D eigenvalue weighted by Gasteiger charge is -2.30. The lowest BCUT2D eigenvalue weighted by molar-refractivity contribution is 0.102. The van der Waals surface area contributed by atoms with Gasteiger partial charge in [-0.3, -0.25) is 4.79 Å². The summed E-state index contributed by atoms with van der Waals surface area (Å²) in [5.41, 5.74) is 7.55. The molecule has 2 aromatic carbocycles. The van der Waals surface area contributed by atoms with E-state index in [1.165, 1.54) is 0 Å². The van der Waals surface area contributed by atoms with Crippen LogP contribution in [0.3, 0.4) is 0 Å². The molecule has 0 unspecified atom stereocenters. The maximum Gasteiger partial charge on any atom is 0.257 e. The van der Waals surface area contributed by atoms with Crippen LogP contribution in [0.5, 0.6) is 5.75 Å². The summed E-state index contributed by atoms with van der Waals surface area (Å²) in [5.74, 6) is 1.90.